The van der Waals surface area contributed by atoms with Crippen molar-refractivity contribution in [1.29, 1.82) is 0 Å². The van der Waals surface area contributed by atoms with Crippen molar-refractivity contribution in [3.63, 3.8) is 0 Å². The van der Waals surface area contributed by atoms with Crippen LogP contribution in [-0.4, -0.2) is 31.8 Å². The monoisotopic (exact) mass is 374 g/mol. The average Bonchev–Trinajstić information content (AvgIpc) is 3.35. The first-order valence-corrected chi connectivity index (χ1v) is 9.76. The Morgan fingerprint density at radius 2 is 1.79 bits per heavy atom. The maximum atomic E-state index is 13.0. The van der Waals surface area contributed by atoms with Gasteiger partial charge >= 0.3 is 0 Å². The predicted molar refractivity (Wildman–Crippen MR) is 108 cm³/mol. The van der Waals surface area contributed by atoms with Crippen LogP contribution in [0.25, 0.3) is 0 Å². The fraction of sp³-hybridized carbons (Fsp3) is 0.304. The van der Waals surface area contributed by atoms with Gasteiger partial charge in [-0.05, 0) is 55.7 Å². The Hall–Kier alpha value is -3.08. The molecule has 0 saturated carbocycles. The van der Waals surface area contributed by atoms with Crippen LogP contribution in [0.5, 0.6) is 5.75 Å². The molecule has 5 nitrogen and oxygen atoms in total. The van der Waals surface area contributed by atoms with Crippen molar-refractivity contribution in [3.05, 3.63) is 65.0 Å². The summed E-state index contributed by atoms with van der Waals surface area (Å²) in [5.41, 5.74) is 4.64. The van der Waals surface area contributed by atoms with Crippen molar-refractivity contribution in [2.75, 3.05) is 30.0 Å². The van der Waals surface area contributed by atoms with Crippen molar-refractivity contribution < 1.29 is 14.3 Å². The van der Waals surface area contributed by atoms with Gasteiger partial charge in [-0.2, -0.15) is 0 Å². The number of benzene rings is 2. The smallest absolute Gasteiger partial charge is 0.174 e. The summed E-state index contributed by atoms with van der Waals surface area (Å²) >= 11 is 0. The Morgan fingerprint density at radius 3 is 2.54 bits per heavy atom. The second kappa shape index (κ2) is 6.23. The summed E-state index contributed by atoms with van der Waals surface area (Å²) in [6.07, 6.45) is 1.38. The Balaban J connectivity index is 1.50. The highest BCUT2D eigenvalue weighted by Gasteiger charge is 2.42. The van der Waals surface area contributed by atoms with Gasteiger partial charge in [0.1, 0.15) is 11.6 Å². The molecular formula is C23H22N2O3. The highest BCUT2D eigenvalue weighted by Crippen LogP contribution is 2.47. The number of hydrogen-bond donors (Lipinski definition) is 0. The van der Waals surface area contributed by atoms with Crippen molar-refractivity contribution in [2.24, 2.45) is 5.92 Å². The molecule has 0 N–H and O–H groups in total. The minimum Gasteiger partial charge on any atom is -0.497 e. The van der Waals surface area contributed by atoms with Crippen molar-refractivity contribution in [1.82, 2.24) is 0 Å². The number of para-hydroxylation sites is 2. The lowest BCUT2D eigenvalue weighted by molar-refractivity contribution is 0.0837. The molecule has 1 aliphatic carbocycles. The van der Waals surface area contributed by atoms with E-state index in [9.17, 15) is 9.59 Å². The Bertz CT molecular complexity index is 1040. The third kappa shape index (κ3) is 2.25. The van der Waals surface area contributed by atoms with Gasteiger partial charge in [-0.25, -0.2) is 0 Å². The summed E-state index contributed by atoms with van der Waals surface area (Å²) in [7, 11) is 1.57. The second-order valence-electron chi connectivity index (χ2n) is 7.46. The Kier molecular flexibility index (Phi) is 3.79. The predicted octanol–water partition coefficient (Wildman–Crippen LogP) is 4.04. The third-order valence-electron chi connectivity index (χ3n) is 6.09. The molecule has 0 bridgehead atoms. The van der Waals surface area contributed by atoms with Crippen molar-refractivity contribution >= 4 is 22.9 Å². The van der Waals surface area contributed by atoms with Crippen LogP contribution in [0.1, 0.15) is 40.5 Å². The maximum absolute atomic E-state index is 13.0. The summed E-state index contributed by atoms with van der Waals surface area (Å²) in [6, 6.07) is 13.5. The molecule has 3 aliphatic rings. The number of nitrogens with zero attached hydrogens (tertiary/aromatic N) is 2. The highest BCUT2D eigenvalue weighted by atomic mass is 16.5. The molecule has 0 amide bonds. The quantitative estimate of drug-likeness (QED) is 0.756. The molecule has 2 aromatic carbocycles. The summed E-state index contributed by atoms with van der Waals surface area (Å²) in [4.78, 5) is 30.6. The molecule has 0 fully saturated rings. The van der Waals surface area contributed by atoms with E-state index in [4.69, 9.17) is 4.74 Å². The number of carbonyl (C=O) groups excluding carboxylic acids is 2. The minimum absolute atomic E-state index is 0.0623. The fourth-order valence-electron chi connectivity index (χ4n) is 4.77. The molecule has 0 radical (unpaired) electrons. The molecule has 0 saturated heterocycles. The highest BCUT2D eigenvalue weighted by molar-refractivity contribution is 6.26. The van der Waals surface area contributed by atoms with E-state index in [1.807, 2.05) is 0 Å². The molecule has 0 aromatic heterocycles. The van der Waals surface area contributed by atoms with E-state index in [0.717, 1.165) is 25.3 Å². The topological polar surface area (TPSA) is 49.9 Å². The van der Waals surface area contributed by atoms with Gasteiger partial charge < -0.3 is 14.5 Å². The summed E-state index contributed by atoms with van der Waals surface area (Å²) < 4.78 is 5.23. The lowest BCUT2D eigenvalue weighted by atomic mass is 9.94. The summed E-state index contributed by atoms with van der Waals surface area (Å²) in [5.74, 6) is 1.01. The number of methoxy groups -OCH3 is 1. The first kappa shape index (κ1) is 17.0. The zero-order chi connectivity index (χ0) is 19.4. The van der Waals surface area contributed by atoms with Crippen LogP contribution in [0.4, 0.5) is 11.4 Å². The van der Waals surface area contributed by atoms with Crippen LogP contribution < -0.4 is 14.5 Å². The number of fused-ring (bicyclic) bond motifs is 4. The number of Topliss-reactive ketones (excluding diaryl/α,β-unsaturated/α-hetero) is 2. The number of ketones is 2. The van der Waals surface area contributed by atoms with Crippen molar-refractivity contribution in [2.45, 2.75) is 19.8 Å². The van der Waals surface area contributed by atoms with Crippen LogP contribution in [0, 0.1) is 5.92 Å². The number of anilines is 2. The van der Waals surface area contributed by atoms with Crippen LogP contribution in [-0.2, 0) is 0 Å². The van der Waals surface area contributed by atoms with Crippen LogP contribution >= 0.6 is 0 Å². The largest absolute Gasteiger partial charge is 0.497 e. The van der Waals surface area contributed by atoms with E-state index in [1.165, 1.54) is 16.9 Å². The van der Waals surface area contributed by atoms with E-state index < -0.39 is 5.92 Å². The molecule has 142 valence electrons. The van der Waals surface area contributed by atoms with E-state index in [-0.39, 0.29) is 11.6 Å². The molecular weight excluding hydrogens is 352 g/mol. The molecule has 2 aromatic rings. The van der Waals surface area contributed by atoms with Gasteiger partial charge in [0.2, 0.25) is 0 Å². The van der Waals surface area contributed by atoms with Crippen LogP contribution in [0.15, 0.2) is 53.9 Å². The molecule has 5 rings (SSSR count). The van der Waals surface area contributed by atoms with Gasteiger partial charge in [0.15, 0.2) is 11.6 Å². The third-order valence-corrected chi connectivity index (χ3v) is 6.09. The zero-order valence-electron chi connectivity index (χ0n) is 16.1. The van der Waals surface area contributed by atoms with E-state index in [0.29, 0.717) is 23.3 Å². The fourth-order valence-corrected chi connectivity index (χ4v) is 4.77. The standard InChI is InChI=1S/C23H22N2O3/c1-3-24-19-6-4-5-7-20(19)25-11-10-14(23(24)25)12-18-21(26)16-9-8-15(28-2)13-17(16)22(18)27/h4-9,13,18H,3,10-12H2,1-2H3. The van der Waals surface area contributed by atoms with Gasteiger partial charge in [-0.3, -0.25) is 9.59 Å². The first-order chi connectivity index (χ1) is 13.6. The number of rotatable bonds is 4. The number of ether oxygens (including phenoxy) is 1. The van der Waals surface area contributed by atoms with Crippen molar-refractivity contribution in [3.8, 4) is 5.75 Å². The van der Waals surface area contributed by atoms with E-state index in [1.54, 1.807) is 25.3 Å². The van der Waals surface area contributed by atoms with Crippen LogP contribution in [0.2, 0.25) is 0 Å². The Morgan fingerprint density at radius 1 is 1.04 bits per heavy atom. The number of hydrogen-bond acceptors (Lipinski definition) is 5. The van der Waals surface area contributed by atoms with Gasteiger partial charge in [-0.15, -0.1) is 0 Å². The minimum atomic E-state index is -0.619. The molecule has 1 atom stereocenters. The maximum Gasteiger partial charge on any atom is 0.174 e. The van der Waals surface area contributed by atoms with E-state index in [2.05, 4.69) is 41.0 Å². The number of carbonyl (C=O) groups is 2. The normalized spacial score (nSPS) is 20.0. The van der Waals surface area contributed by atoms with Gasteiger partial charge in [-0.1, -0.05) is 12.1 Å². The first-order valence-electron chi connectivity index (χ1n) is 9.76. The molecule has 2 heterocycles. The second-order valence-corrected chi connectivity index (χ2v) is 7.46. The van der Waals surface area contributed by atoms with E-state index >= 15 is 0 Å². The van der Waals surface area contributed by atoms with Gasteiger partial charge in [0, 0.05) is 24.2 Å². The lowest BCUT2D eigenvalue weighted by Crippen LogP contribution is -2.26. The summed E-state index contributed by atoms with van der Waals surface area (Å²) in [5, 5.41) is 0. The molecule has 28 heavy (non-hydrogen) atoms. The molecule has 5 heteroatoms. The SMILES string of the molecule is CCN1C2=C(CC3C(=O)c4ccc(OC)cc4C3=O)CCN2c2ccccc21. The molecule has 1 unspecified atom stereocenters. The van der Waals surface area contributed by atoms with Gasteiger partial charge in [0.05, 0.1) is 24.4 Å². The van der Waals surface area contributed by atoms with Crippen LogP contribution in [0.3, 0.4) is 0 Å². The van der Waals surface area contributed by atoms with Gasteiger partial charge in [0.25, 0.3) is 0 Å². The molecule has 2 aliphatic heterocycles. The summed E-state index contributed by atoms with van der Waals surface area (Å²) in [6.45, 7) is 3.89. The average molecular weight is 374 g/mol. The zero-order valence-corrected chi connectivity index (χ0v) is 16.1. The molecule has 0 spiro atoms. The Labute approximate surface area is 164 Å². The lowest BCUT2D eigenvalue weighted by Gasteiger charge is -2.21.